The first-order chi connectivity index (χ1) is 11.0. The number of nitrogens with zero attached hydrogens (tertiary/aromatic N) is 1. The van der Waals surface area contributed by atoms with E-state index in [1.165, 1.54) is 4.90 Å². The Morgan fingerprint density at radius 3 is 2.65 bits per heavy atom. The molecule has 0 bridgehead atoms. The molecule has 126 valence electrons. The molecule has 1 aliphatic heterocycles. The summed E-state index contributed by atoms with van der Waals surface area (Å²) < 4.78 is 5.74. The zero-order chi connectivity index (χ0) is 16.8. The Kier molecular flexibility index (Phi) is 5.98. The lowest BCUT2D eigenvalue weighted by Gasteiger charge is -2.28. The highest BCUT2D eigenvalue weighted by Crippen LogP contribution is 2.27. The van der Waals surface area contributed by atoms with E-state index in [4.69, 9.17) is 9.84 Å². The quantitative estimate of drug-likeness (QED) is 0.843. The minimum atomic E-state index is -0.914. The molecule has 3 unspecified atom stereocenters. The number of rotatable bonds is 6. The van der Waals surface area contributed by atoms with Crippen LogP contribution in [0.3, 0.4) is 0 Å². The zero-order valence-corrected chi connectivity index (χ0v) is 13.6. The van der Waals surface area contributed by atoms with Crippen LogP contribution in [0.1, 0.15) is 31.4 Å². The number of benzene rings is 1. The smallest absolute Gasteiger partial charge is 0.317 e. The Balaban J connectivity index is 2.05. The summed E-state index contributed by atoms with van der Waals surface area (Å²) in [6.07, 6.45) is 1.83. The van der Waals surface area contributed by atoms with Crippen LogP contribution in [0.15, 0.2) is 30.3 Å². The fourth-order valence-electron chi connectivity index (χ4n) is 2.73. The highest BCUT2D eigenvalue weighted by Gasteiger charge is 2.30. The molecule has 1 fully saturated rings. The number of aliphatic carboxylic acids is 1. The fraction of sp³-hybridized carbons (Fsp3) is 0.529. The Hall–Kier alpha value is -2.08. The standard InChI is InChI=1S/C17H24N2O4/c1-12(16(20)21)11-19(2)17(22)18-15(14-9-6-10-23-14)13-7-4-3-5-8-13/h3-5,7-8,12,14-15H,6,9-11H2,1-2H3,(H,18,22)(H,20,21). The molecule has 1 saturated heterocycles. The first-order valence-electron chi connectivity index (χ1n) is 7.90. The summed E-state index contributed by atoms with van der Waals surface area (Å²) in [7, 11) is 1.60. The van der Waals surface area contributed by atoms with Gasteiger partial charge in [-0.1, -0.05) is 37.3 Å². The molecule has 1 aliphatic rings. The molecule has 2 rings (SSSR count). The number of urea groups is 1. The molecule has 3 atom stereocenters. The van der Waals surface area contributed by atoms with Gasteiger partial charge in [-0.05, 0) is 18.4 Å². The van der Waals surface area contributed by atoms with Gasteiger partial charge < -0.3 is 20.1 Å². The van der Waals surface area contributed by atoms with Crippen molar-refractivity contribution in [1.82, 2.24) is 10.2 Å². The van der Waals surface area contributed by atoms with Gasteiger partial charge >= 0.3 is 12.0 Å². The number of carbonyl (C=O) groups excluding carboxylic acids is 1. The van der Waals surface area contributed by atoms with Crippen molar-refractivity contribution in [2.75, 3.05) is 20.2 Å². The molecule has 6 heteroatoms. The Morgan fingerprint density at radius 1 is 1.39 bits per heavy atom. The maximum absolute atomic E-state index is 12.4. The number of hydrogen-bond acceptors (Lipinski definition) is 3. The zero-order valence-electron chi connectivity index (χ0n) is 13.6. The van der Waals surface area contributed by atoms with E-state index in [2.05, 4.69) is 5.32 Å². The third-order valence-electron chi connectivity index (χ3n) is 4.09. The first-order valence-corrected chi connectivity index (χ1v) is 7.90. The lowest BCUT2D eigenvalue weighted by atomic mass is 9.99. The third kappa shape index (κ3) is 4.69. The normalized spacial score (nSPS) is 19.8. The number of carboxylic acid groups (broad SMARTS) is 1. The Morgan fingerprint density at radius 2 is 2.09 bits per heavy atom. The lowest BCUT2D eigenvalue weighted by Crippen LogP contribution is -2.45. The first kappa shape index (κ1) is 17.3. The highest BCUT2D eigenvalue weighted by atomic mass is 16.5. The molecule has 0 aliphatic carbocycles. The van der Waals surface area contributed by atoms with E-state index in [1.807, 2.05) is 30.3 Å². The van der Waals surface area contributed by atoms with Crippen LogP contribution in [0.4, 0.5) is 4.79 Å². The number of hydrogen-bond donors (Lipinski definition) is 2. The number of nitrogens with one attached hydrogen (secondary N) is 1. The van der Waals surface area contributed by atoms with Crippen LogP contribution in [0, 0.1) is 5.92 Å². The van der Waals surface area contributed by atoms with Crippen LogP contribution in [-0.4, -0.2) is 48.3 Å². The largest absolute Gasteiger partial charge is 0.481 e. The monoisotopic (exact) mass is 320 g/mol. The predicted molar refractivity (Wildman–Crippen MR) is 86.1 cm³/mol. The van der Waals surface area contributed by atoms with Gasteiger partial charge in [-0.3, -0.25) is 4.79 Å². The van der Waals surface area contributed by atoms with Crippen molar-refractivity contribution >= 4 is 12.0 Å². The second-order valence-corrected chi connectivity index (χ2v) is 6.01. The number of carbonyl (C=O) groups is 2. The van der Waals surface area contributed by atoms with Crippen molar-refractivity contribution in [2.45, 2.75) is 31.9 Å². The molecule has 0 saturated carbocycles. The summed E-state index contributed by atoms with van der Waals surface area (Å²) in [5.74, 6) is -1.52. The van der Waals surface area contributed by atoms with Crippen molar-refractivity contribution in [3.8, 4) is 0 Å². The molecular weight excluding hydrogens is 296 g/mol. The molecule has 6 nitrogen and oxygen atoms in total. The van der Waals surface area contributed by atoms with Crippen molar-refractivity contribution < 1.29 is 19.4 Å². The molecule has 0 spiro atoms. The molecular formula is C17H24N2O4. The second kappa shape index (κ2) is 7.97. The summed E-state index contributed by atoms with van der Waals surface area (Å²) in [6.45, 7) is 2.45. The van der Waals surface area contributed by atoms with Gasteiger partial charge in [0.25, 0.3) is 0 Å². The van der Waals surface area contributed by atoms with E-state index in [9.17, 15) is 9.59 Å². The van der Waals surface area contributed by atoms with Gasteiger partial charge in [-0.2, -0.15) is 0 Å². The summed E-state index contributed by atoms with van der Waals surface area (Å²) in [4.78, 5) is 24.7. The van der Waals surface area contributed by atoms with Gasteiger partial charge in [0.1, 0.15) is 0 Å². The van der Waals surface area contributed by atoms with Gasteiger partial charge in [-0.25, -0.2) is 4.79 Å². The van der Waals surface area contributed by atoms with Crippen LogP contribution in [0.25, 0.3) is 0 Å². The molecule has 23 heavy (non-hydrogen) atoms. The molecule has 0 aromatic heterocycles. The fourth-order valence-corrected chi connectivity index (χ4v) is 2.73. The molecule has 2 N–H and O–H groups in total. The topological polar surface area (TPSA) is 78.9 Å². The van der Waals surface area contributed by atoms with Crippen LogP contribution in [-0.2, 0) is 9.53 Å². The second-order valence-electron chi connectivity index (χ2n) is 6.01. The average Bonchev–Trinajstić information content (AvgIpc) is 3.07. The van der Waals surface area contributed by atoms with Crippen molar-refractivity contribution in [1.29, 1.82) is 0 Å². The molecule has 0 radical (unpaired) electrons. The van der Waals surface area contributed by atoms with E-state index in [1.54, 1.807) is 14.0 Å². The minimum Gasteiger partial charge on any atom is -0.481 e. The van der Waals surface area contributed by atoms with E-state index in [-0.39, 0.29) is 24.7 Å². The van der Waals surface area contributed by atoms with Crippen molar-refractivity contribution in [3.05, 3.63) is 35.9 Å². The van der Waals surface area contributed by atoms with E-state index >= 15 is 0 Å². The minimum absolute atomic E-state index is 0.0494. The van der Waals surface area contributed by atoms with E-state index in [0.717, 1.165) is 18.4 Å². The lowest BCUT2D eigenvalue weighted by molar-refractivity contribution is -0.141. The maximum Gasteiger partial charge on any atom is 0.317 e. The average molecular weight is 320 g/mol. The van der Waals surface area contributed by atoms with Crippen molar-refractivity contribution in [3.63, 3.8) is 0 Å². The molecule has 1 heterocycles. The van der Waals surface area contributed by atoms with Crippen molar-refractivity contribution in [2.24, 2.45) is 5.92 Å². The van der Waals surface area contributed by atoms with Crippen LogP contribution < -0.4 is 5.32 Å². The van der Waals surface area contributed by atoms with E-state index < -0.39 is 11.9 Å². The summed E-state index contributed by atoms with van der Waals surface area (Å²) >= 11 is 0. The van der Waals surface area contributed by atoms with Gasteiger partial charge in [0.2, 0.25) is 0 Å². The number of carboxylic acids is 1. The SMILES string of the molecule is CC(CN(C)C(=O)NC(c1ccccc1)C1CCCO1)C(=O)O. The van der Waals surface area contributed by atoms with Gasteiger partial charge in [0.05, 0.1) is 18.1 Å². The highest BCUT2D eigenvalue weighted by molar-refractivity contribution is 5.76. The van der Waals surface area contributed by atoms with E-state index in [0.29, 0.717) is 6.61 Å². The summed E-state index contributed by atoms with van der Waals surface area (Å²) in [6, 6.07) is 9.20. The van der Waals surface area contributed by atoms with Gasteiger partial charge in [-0.15, -0.1) is 0 Å². The number of amides is 2. The summed E-state index contributed by atoms with van der Waals surface area (Å²) in [5, 5.41) is 12.0. The van der Waals surface area contributed by atoms with Crippen LogP contribution >= 0.6 is 0 Å². The molecule has 1 aromatic carbocycles. The molecule has 2 amide bonds. The Labute approximate surface area is 136 Å². The van der Waals surface area contributed by atoms with Gasteiger partial charge in [0, 0.05) is 20.2 Å². The maximum atomic E-state index is 12.4. The van der Waals surface area contributed by atoms with Crippen LogP contribution in [0.5, 0.6) is 0 Å². The molecule has 1 aromatic rings. The number of ether oxygens (including phenoxy) is 1. The predicted octanol–water partition coefficient (Wildman–Crippen LogP) is 2.27. The van der Waals surface area contributed by atoms with Gasteiger partial charge in [0.15, 0.2) is 0 Å². The third-order valence-corrected chi connectivity index (χ3v) is 4.09. The Bertz CT molecular complexity index is 529. The van der Waals surface area contributed by atoms with Crippen LogP contribution in [0.2, 0.25) is 0 Å². The summed E-state index contributed by atoms with van der Waals surface area (Å²) in [5.41, 5.74) is 0.993.